The monoisotopic (exact) mass is 140 g/mol. The molecule has 0 aromatic rings. The molecule has 0 spiro atoms. The van der Waals surface area contributed by atoms with Crippen LogP contribution in [0.5, 0.6) is 0 Å². The Morgan fingerprint density at radius 3 is 2.25 bits per heavy atom. The van der Waals surface area contributed by atoms with Crippen molar-refractivity contribution >= 4 is 10.2 Å². The fourth-order valence-electron chi connectivity index (χ4n) is 0.122. The molecule has 0 bridgehead atoms. The van der Waals surface area contributed by atoms with Gasteiger partial charge in [-0.2, -0.15) is 8.42 Å². The highest BCUT2D eigenvalue weighted by Crippen LogP contribution is 1.90. The Morgan fingerprint density at radius 1 is 1.62 bits per heavy atom. The smallest absolute Gasteiger partial charge is 0.328 e. The lowest BCUT2D eigenvalue weighted by Gasteiger charge is -1.80. The van der Waals surface area contributed by atoms with Gasteiger partial charge in [-0.15, -0.1) is 3.89 Å². The second kappa shape index (κ2) is 2.66. The molecule has 0 atom stereocenters. The molecule has 0 saturated carbocycles. The predicted octanol–water partition coefficient (Wildman–Crippen LogP) is 0.403. The van der Waals surface area contributed by atoms with Crippen LogP contribution in [0, 0.1) is 0 Å². The summed E-state index contributed by atoms with van der Waals surface area (Å²) in [4.78, 5) is 0. The quantitative estimate of drug-likeness (QED) is 0.412. The Labute approximate surface area is 47.0 Å². The highest BCUT2D eigenvalue weighted by molar-refractivity contribution is 7.89. The van der Waals surface area contributed by atoms with Gasteiger partial charge in [0.2, 0.25) is 0 Å². The second-order valence-corrected chi connectivity index (χ2v) is 2.21. The lowest BCUT2D eigenvalue weighted by Crippen LogP contribution is -1.80. The molecule has 0 aliphatic heterocycles. The molecule has 0 saturated heterocycles. The fourth-order valence-corrected chi connectivity index (χ4v) is 0.366. The van der Waals surface area contributed by atoms with E-state index in [0.29, 0.717) is 5.41 Å². The van der Waals surface area contributed by atoms with Gasteiger partial charge in [0.05, 0.1) is 18.8 Å². The lowest BCUT2D eigenvalue weighted by atomic mass is 11.1. The molecule has 0 amide bonds. The average molecular weight is 140 g/mol. The van der Waals surface area contributed by atoms with Crippen LogP contribution >= 0.6 is 0 Å². The number of hydrogen-bond acceptors (Lipinski definition) is 3. The van der Waals surface area contributed by atoms with Crippen LogP contribution in [0.1, 0.15) is 0 Å². The van der Waals surface area contributed by atoms with Crippen LogP contribution < -0.4 is 0 Å². The van der Waals surface area contributed by atoms with Crippen molar-refractivity contribution in [2.75, 3.05) is 7.11 Å². The van der Waals surface area contributed by atoms with Gasteiger partial charge in [-0.05, 0) is 0 Å². The number of hydrogen-bond donors (Lipinski definition) is 0. The topological polar surface area (TPSA) is 43.4 Å². The van der Waals surface area contributed by atoms with Crippen molar-refractivity contribution in [3.05, 3.63) is 11.7 Å². The van der Waals surface area contributed by atoms with Gasteiger partial charge in [-0.3, -0.25) is 0 Å². The maximum atomic E-state index is 11.4. The third kappa shape index (κ3) is 5.42. The first kappa shape index (κ1) is 7.42. The second-order valence-electron chi connectivity index (χ2n) is 0.983. The summed E-state index contributed by atoms with van der Waals surface area (Å²) >= 11 is 0. The first-order valence-corrected chi connectivity index (χ1v) is 3.15. The summed E-state index contributed by atoms with van der Waals surface area (Å²) in [5.74, 6) is 0. The van der Waals surface area contributed by atoms with Gasteiger partial charge in [0.1, 0.15) is 0 Å². The number of methoxy groups -OCH3 is 1. The van der Waals surface area contributed by atoms with Gasteiger partial charge in [-0.25, -0.2) is 0 Å². The third-order valence-electron chi connectivity index (χ3n) is 0.354. The minimum Gasteiger partial charge on any atom is -0.504 e. The standard InChI is InChI=1S/C3H5FO3S/c1-7-2-3-8(4,5)6/h2-3H,1H3/b3-2+. The van der Waals surface area contributed by atoms with Crippen LogP contribution in [0.15, 0.2) is 11.7 Å². The first-order valence-electron chi connectivity index (χ1n) is 1.70. The van der Waals surface area contributed by atoms with Crippen LogP contribution in [0.4, 0.5) is 3.89 Å². The van der Waals surface area contributed by atoms with E-state index in [9.17, 15) is 12.3 Å². The molecule has 0 fully saturated rings. The first-order chi connectivity index (χ1) is 3.56. The van der Waals surface area contributed by atoms with Crippen molar-refractivity contribution in [3.63, 3.8) is 0 Å². The zero-order chi connectivity index (χ0) is 6.62. The van der Waals surface area contributed by atoms with Crippen molar-refractivity contribution in [3.8, 4) is 0 Å². The van der Waals surface area contributed by atoms with E-state index in [0.717, 1.165) is 6.26 Å². The zero-order valence-corrected chi connectivity index (χ0v) is 4.98. The summed E-state index contributed by atoms with van der Waals surface area (Å²) in [6.07, 6.45) is 0.745. The minimum atomic E-state index is -4.49. The summed E-state index contributed by atoms with van der Waals surface area (Å²) in [7, 11) is -3.27. The van der Waals surface area contributed by atoms with E-state index in [1.807, 2.05) is 0 Å². The Hall–Kier alpha value is -0.580. The molecule has 0 unspecified atom stereocenters. The Kier molecular flexibility index (Phi) is 2.47. The molecular weight excluding hydrogens is 135 g/mol. The van der Waals surface area contributed by atoms with Crippen LogP contribution in [0.2, 0.25) is 0 Å². The molecule has 0 aliphatic carbocycles. The van der Waals surface area contributed by atoms with E-state index in [4.69, 9.17) is 0 Å². The van der Waals surface area contributed by atoms with Gasteiger partial charge in [0.25, 0.3) is 0 Å². The maximum absolute atomic E-state index is 11.4. The average Bonchev–Trinajstić information content (AvgIpc) is 1.59. The maximum Gasteiger partial charge on any atom is 0.328 e. The van der Waals surface area contributed by atoms with Crippen molar-refractivity contribution in [2.45, 2.75) is 0 Å². The van der Waals surface area contributed by atoms with Crippen molar-refractivity contribution in [1.82, 2.24) is 0 Å². The molecule has 0 aromatic heterocycles. The van der Waals surface area contributed by atoms with Crippen molar-refractivity contribution in [1.29, 1.82) is 0 Å². The molecule has 48 valence electrons. The van der Waals surface area contributed by atoms with Crippen LogP contribution in [-0.4, -0.2) is 15.5 Å². The van der Waals surface area contributed by atoms with Crippen LogP contribution in [0.25, 0.3) is 0 Å². The van der Waals surface area contributed by atoms with Gasteiger partial charge < -0.3 is 4.74 Å². The summed E-state index contributed by atoms with van der Waals surface area (Å²) in [6.45, 7) is 0. The molecular formula is C3H5FO3S. The molecule has 3 nitrogen and oxygen atoms in total. The van der Waals surface area contributed by atoms with Gasteiger partial charge in [-0.1, -0.05) is 0 Å². The molecule has 8 heavy (non-hydrogen) atoms. The summed E-state index contributed by atoms with van der Waals surface area (Å²) < 4.78 is 34.6. The zero-order valence-electron chi connectivity index (χ0n) is 4.17. The third-order valence-corrected chi connectivity index (χ3v) is 0.790. The summed E-state index contributed by atoms with van der Waals surface area (Å²) in [5.41, 5.74) is 0. The molecule has 0 rings (SSSR count). The van der Waals surface area contributed by atoms with E-state index in [1.165, 1.54) is 7.11 Å². The number of ether oxygens (including phenoxy) is 1. The van der Waals surface area contributed by atoms with E-state index < -0.39 is 10.2 Å². The minimum absolute atomic E-state index is 0.326. The highest BCUT2D eigenvalue weighted by atomic mass is 32.3. The fraction of sp³-hybridized carbons (Fsp3) is 0.333. The van der Waals surface area contributed by atoms with Crippen LogP contribution in [0.3, 0.4) is 0 Å². The predicted molar refractivity (Wildman–Crippen MR) is 26.2 cm³/mol. The molecule has 0 aliphatic rings. The van der Waals surface area contributed by atoms with E-state index in [-0.39, 0.29) is 0 Å². The van der Waals surface area contributed by atoms with Crippen molar-refractivity contribution in [2.24, 2.45) is 0 Å². The molecule has 0 heterocycles. The van der Waals surface area contributed by atoms with Crippen molar-refractivity contribution < 1.29 is 17.0 Å². The normalized spacial score (nSPS) is 12.2. The molecule has 0 aromatic carbocycles. The Morgan fingerprint density at radius 2 is 2.12 bits per heavy atom. The summed E-state index contributed by atoms with van der Waals surface area (Å²) in [5, 5.41) is 0.326. The summed E-state index contributed by atoms with van der Waals surface area (Å²) in [6, 6.07) is 0. The van der Waals surface area contributed by atoms with Gasteiger partial charge >= 0.3 is 10.2 Å². The number of halogens is 1. The Balaban J connectivity index is 3.92. The number of rotatable bonds is 2. The highest BCUT2D eigenvalue weighted by Gasteiger charge is 1.96. The molecule has 5 heteroatoms. The lowest BCUT2D eigenvalue weighted by molar-refractivity contribution is 0.338. The largest absolute Gasteiger partial charge is 0.504 e. The molecule has 0 N–H and O–H groups in total. The van der Waals surface area contributed by atoms with E-state index in [2.05, 4.69) is 4.74 Å². The SMILES string of the molecule is CO/C=C/S(=O)(=O)F. The Bertz CT molecular complexity index is 169. The van der Waals surface area contributed by atoms with E-state index in [1.54, 1.807) is 0 Å². The van der Waals surface area contributed by atoms with Crippen LogP contribution in [-0.2, 0) is 15.0 Å². The van der Waals surface area contributed by atoms with Gasteiger partial charge in [0.15, 0.2) is 0 Å². The van der Waals surface area contributed by atoms with Gasteiger partial charge in [0, 0.05) is 0 Å². The molecule has 0 radical (unpaired) electrons. The van der Waals surface area contributed by atoms with E-state index >= 15 is 0 Å².